The summed E-state index contributed by atoms with van der Waals surface area (Å²) < 4.78 is 1.87. The summed E-state index contributed by atoms with van der Waals surface area (Å²) in [6, 6.07) is 2.05. The summed E-state index contributed by atoms with van der Waals surface area (Å²) in [4.78, 5) is 4.08. The molecule has 0 atom stereocenters. The van der Waals surface area contributed by atoms with Crippen molar-refractivity contribution in [2.24, 2.45) is 0 Å². The molecule has 1 aliphatic heterocycles. The SMILES string of the molecule is N#Cc1c(N)nc2n1CCNC2. The van der Waals surface area contributed by atoms with Crippen LogP contribution in [0.15, 0.2) is 0 Å². The van der Waals surface area contributed by atoms with Gasteiger partial charge in [-0.05, 0) is 0 Å². The molecule has 0 saturated heterocycles. The Morgan fingerprint density at radius 3 is 3.25 bits per heavy atom. The zero-order valence-electron chi connectivity index (χ0n) is 6.54. The molecule has 0 amide bonds. The summed E-state index contributed by atoms with van der Waals surface area (Å²) in [5.74, 6) is 1.20. The molecule has 2 heterocycles. The van der Waals surface area contributed by atoms with E-state index < -0.39 is 0 Å². The van der Waals surface area contributed by atoms with Gasteiger partial charge in [0.05, 0.1) is 6.54 Å². The molecule has 1 aromatic rings. The molecule has 62 valence electrons. The lowest BCUT2D eigenvalue weighted by Gasteiger charge is -2.14. The molecule has 0 unspecified atom stereocenters. The minimum absolute atomic E-state index is 0.344. The molecular weight excluding hydrogens is 154 g/mol. The van der Waals surface area contributed by atoms with Gasteiger partial charge in [0, 0.05) is 13.1 Å². The van der Waals surface area contributed by atoms with Crippen LogP contribution in [0.5, 0.6) is 0 Å². The average Bonchev–Trinajstić information content (AvgIpc) is 2.40. The van der Waals surface area contributed by atoms with Crippen LogP contribution in [0, 0.1) is 11.3 Å². The van der Waals surface area contributed by atoms with Crippen molar-refractivity contribution in [2.45, 2.75) is 13.1 Å². The van der Waals surface area contributed by atoms with Crippen LogP contribution in [0.2, 0.25) is 0 Å². The van der Waals surface area contributed by atoms with Gasteiger partial charge in [-0.3, -0.25) is 0 Å². The third-order valence-corrected chi connectivity index (χ3v) is 1.97. The molecule has 0 bridgehead atoms. The highest BCUT2D eigenvalue weighted by Crippen LogP contribution is 2.14. The van der Waals surface area contributed by atoms with Gasteiger partial charge >= 0.3 is 0 Å². The summed E-state index contributed by atoms with van der Waals surface area (Å²) in [6.45, 7) is 2.35. The summed E-state index contributed by atoms with van der Waals surface area (Å²) in [6.07, 6.45) is 0. The highest BCUT2D eigenvalue weighted by molar-refractivity contribution is 5.45. The summed E-state index contributed by atoms with van der Waals surface area (Å²) in [5, 5.41) is 11.9. The minimum atomic E-state index is 0.344. The van der Waals surface area contributed by atoms with Crippen LogP contribution < -0.4 is 11.1 Å². The first-order valence-corrected chi connectivity index (χ1v) is 3.78. The van der Waals surface area contributed by atoms with Gasteiger partial charge in [-0.1, -0.05) is 0 Å². The first-order valence-electron chi connectivity index (χ1n) is 3.78. The van der Waals surface area contributed by atoms with Crippen LogP contribution in [0.1, 0.15) is 11.5 Å². The van der Waals surface area contributed by atoms with Crippen molar-refractivity contribution in [3.8, 4) is 6.07 Å². The van der Waals surface area contributed by atoms with Crippen molar-refractivity contribution in [1.82, 2.24) is 14.9 Å². The van der Waals surface area contributed by atoms with Crippen LogP contribution in [0.25, 0.3) is 0 Å². The fourth-order valence-corrected chi connectivity index (χ4v) is 1.40. The lowest BCUT2D eigenvalue weighted by molar-refractivity contribution is 0.502. The average molecular weight is 163 g/mol. The fraction of sp³-hybridized carbons (Fsp3) is 0.429. The number of nitrogens with one attached hydrogen (secondary N) is 1. The smallest absolute Gasteiger partial charge is 0.164 e. The van der Waals surface area contributed by atoms with Gasteiger partial charge in [-0.2, -0.15) is 5.26 Å². The molecule has 0 aromatic carbocycles. The first-order chi connectivity index (χ1) is 5.83. The number of imidazole rings is 1. The second kappa shape index (κ2) is 2.50. The topological polar surface area (TPSA) is 79.7 Å². The van der Waals surface area contributed by atoms with Gasteiger partial charge in [0.2, 0.25) is 0 Å². The number of nitrogens with two attached hydrogens (primary N) is 1. The largest absolute Gasteiger partial charge is 0.381 e. The van der Waals surface area contributed by atoms with E-state index in [1.165, 1.54) is 0 Å². The van der Waals surface area contributed by atoms with Gasteiger partial charge in [0.1, 0.15) is 11.9 Å². The molecule has 1 aliphatic rings. The van der Waals surface area contributed by atoms with Crippen LogP contribution in [0.3, 0.4) is 0 Å². The molecular formula is C7H9N5. The quantitative estimate of drug-likeness (QED) is 0.537. The molecule has 0 spiro atoms. The Labute approximate surface area is 69.8 Å². The maximum absolute atomic E-state index is 8.75. The van der Waals surface area contributed by atoms with E-state index in [1.807, 2.05) is 4.57 Å². The van der Waals surface area contributed by atoms with Gasteiger partial charge in [-0.25, -0.2) is 4.98 Å². The number of fused-ring (bicyclic) bond motifs is 1. The second-order valence-corrected chi connectivity index (χ2v) is 2.70. The summed E-state index contributed by atoms with van der Waals surface area (Å²) >= 11 is 0. The van der Waals surface area contributed by atoms with E-state index in [-0.39, 0.29) is 0 Å². The Balaban J connectivity index is 2.56. The fourth-order valence-electron chi connectivity index (χ4n) is 1.40. The Bertz CT molecular complexity index is 345. The third-order valence-electron chi connectivity index (χ3n) is 1.97. The van der Waals surface area contributed by atoms with E-state index in [0.29, 0.717) is 18.1 Å². The Morgan fingerprint density at radius 1 is 1.67 bits per heavy atom. The van der Waals surface area contributed by atoms with Crippen molar-refractivity contribution >= 4 is 5.82 Å². The Morgan fingerprint density at radius 2 is 2.50 bits per heavy atom. The maximum atomic E-state index is 8.75. The van der Waals surface area contributed by atoms with Crippen molar-refractivity contribution in [3.63, 3.8) is 0 Å². The number of hydrogen-bond acceptors (Lipinski definition) is 4. The highest BCUT2D eigenvalue weighted by Gasteiger charge is 2.16. The predicted molar refractivity (Wildman–Crippen MR) is 43.1 cm³/mol. The van der Waals surface area contributed by atoms with Crippen molar-refractivity contribution < 1.29 is 0 Å². The Hall–Kier alpha value is -1.54. The molecule has 0 fully saturated rings. The van der Waals surface area contributed by atoms with E-state index in [2.05, 4.69) is 16.4 Å². The number of rotatable bonds is 0. The third kappa shape index (κ3) is 0.855. The molecule has 12 heavy (non-hydrogen) atoms. The van der Waals surface area contributed by atoms with E-state index in [9.17, 15) is 0 Å². The summed E-state index contributed by atoms with van der Waals surface area (Å²) in [7, 11) is 0. The van der Waals surface area contributed by atoms with Crippen molar-refractivity contribution in [2.75, 3.05) is 12.3 Å². The molecule has 0 saturated carbocycles. The van der Waals surface area contributed by atoms with Crippen LogP contribution in [0.4, 0.5) is 5.82 Å². The first kappa shape index (κ1) is 7.13. The number of nitrogen functional groups attached to an aromatic ring is 1. The zero-order chi connectivity index (χ0) is 8.55. The van der Waals surface area contributed by atoms with Crippen LogP contribution in [-0.2, 0) is 13.1 Å². The summed E-state index contributed by atoms with van der Waals surface area (Å²) in [5.41, 5.74) is 6.04. The number of nitriles is 1. The predicted octanol–water partition coefficient (Wildman–Crippen LogP) is -0.560. The molecule has 1 aromatic heterocycles. The molecule has 2 rings (SSSR count). The number of nitrogens with zero attached hydrogens (tertiary/aromatic N) is 3. The molecule has 5 heteroatoms. The maximum Gasteiger partial charge on any atom is 0.164 e. The Kier molecular flexibility index (Phi) is 1.48. The minimum Gasteiger partial charge on any atom is -0.381 e. The highest BCUT2D eigenvalue weighted by atomic mass is 15.2. The van der Waals surface area contributed by atoms with Crippen molar-refractivity contribution in [1.29, 1.82) is 5.26 Å². The normalized spacial score (nSPS) is 15.2. The lowest BCUT2D eigenvalue weighted by atomic mass is 10.4. The molecule has 5 nitrogen and oxygen atoms in total. The standard InChI is InChI=1S/C7H9N5/c8-3-5-7(9)11-6-4-10-1-2-12(5)6/h10H,1-2,4,9H2. The number of anilines is 1. The van der Waals surface area contributed by atoms with E-state index in [0.717, 1.165) is 18.9 Å². The monoisotopic (exact) mass is 163 g/mol. The number of hydrogen-bond donors (Lipinski definition) is 2. The van der Waals surface area contributed by atoms with E-state index >= 15 is 0 Å². The molecule has 0 radical (unpaired) electrons. The number of aromatic nitrogens is 2. The molecule has 0 aliphatic carbocycles. The van der Waals surface area contributed by atoms with E-state index in [1.54, 1.807) is 0 Å². The van der Waals surface area contributed by atoms with Gasteiger partial charge in [0.15, 0.2) is 11.5 Å². The molecule has 3 N–H and O–H groups in total. The van der Waals surface area contributed by atoms with Gasteiger partial charge in [-0.15, -0.1) is 0 Å². The van der Waals surface area contributed by atoms with Crippen LogP contribution in [-0.4, -0.2) is 16.1 Å². The lowest BCUT2D eigenvalue weighted by Crippen LogP contribution is -2.28. The van der Waals surface area contributed by atoms with E-state index in [4.69, 9.17) is 11.0 Å². The van der Waals surface area contributed by atoms with Crippen molar-refractivity contribution in [3.05, 3.63) is 11.5 Å². The van der Waals surface area contributed by atoms with Crippen LogP contribution >= 0.6 is 0 Å². The van der Waals surface area contributed by atoms with Gasteiger partial charge < -0.3 is 15.6 Å². The zero-order valence-corrected chi connectivity index (χ0v) is 6.54. The van der Waals surface area contributed by atoms with Gasteiger partial charge in [0.25, 0.3) is 0 Å². The second-order valence-electron chi connectivity index (χ2n) is 2.70.